The number of nitrogens with zero attached hydrogens (tertiary/aromatic N) is 1. The van der Waals surface area contributed by atoms with Crippen LogP contribution in [0.3, 0.4) is 0 Å². The first-order valence-electron chi connectivity index (χ1n) is 12.0. The highest BCUT2D eigenvalue weighted by molar-refractivity contribution is 5.79. The molecule has 0 bridgehead atoms. The maximum Gasteiger partial charge on any atom is 0.133 e. The van der Waals surface area contributed by atoms with Gasteiger partial charge in [-0.3, -0.25) is 4.99 Å². The lowest BCUT2D eigenvalue weighted by molar-refractivity contribution is 0.640. The molecule has 0 radical (unpaired) electrons. The van der Waals surface area contributed by atoms with Gasteiger partial charge in [0, 0.05) is 12.2 Å². The summed E-state index contributed by atoms with van der Waals surface area (Å²) >= 11 is 0. The van der Waals surface area contributed by atoms with Crippen LogP contribution in [-0.2, 0) is 12.0 Å². The van der Waals surface area contributed by atoms with E-state index in [0.29, 0.717) is 5.84 Å². The van der Waals surface area contributed by atoms with Crippen molar-refractivity contribution >= 4 is 11.5 Å². The summed E-state index contributed by atoms with van der Waals surface area (Å²) in [6.07, 6.45) is 2.21. The molecule has 34 heavy (non-hydrogen) atoms. The highest BCUT2D eigenvalue weighted by Crippen LogP contribution is 2.39. The lowest BCUT2D eigenvalue weighted by Crippen LogP contribution is -2.29. The number of nitrogens with two attached hydrogens (primary N) is 1. The van der Waals surface area contributed by atoms with E-state index in [-0.39, 0.29) is 0 Å². The molecule has 0 saturated carbocycles. The quantitative estimate of drug-likeness (QED) is 0.206. The van der Waals surface area contributed by atoms with Crippen molar-refractivity contribution in [2.24, 2.45) is 10.7 Å². The van der Waals surface area contributed by atoms with E-state index in [4.69, 9.17) is 10.7 Å². The Morgan fingerprint density at radius 2 is 1.41 bits per heavy atom. The van der Waals surface area contributed by atoms with Crippen LogP contribution in [0.15, 0.2) is 109 Å². The smallest absolute Gasteiger partial charge is 0.133 e. The van der Waals surface area contributed by atoms with E-state index < -0.39 is 5.54 Å². The summed E-state index contributed by atoms with van der Waals surface area (Å²) in [4.78, 5) is 4.74. The molecule has 3 N–H and O–H groups in total. The van der Waals surface area contributed by atoms with Crippen LogP contribution in [0.25, 0.3) is 5.70 Å². The first kappa shape index (κ1) is 26.7. The van der Waals surface area contributed by atoms with Gasteiger partial charge in [-0.2, -0.15) is 0 Å². The average molecular weight is 454 g/mol. The van der Waals surface area contributed by atoms with E-state index in [2.05, 4.69) is 80.9 Å². The van der Waals surface area contributed by atoms with E-state index in [1.807, 2.05) is 50.2 Å². The third kappa shape index (κ3) is 6.95. The van der Waals surface area contributed by atoms with Gasteiger partial charge in [0.25, 0.3) is 0 Å². The zero-order chi connectivity index (χ0) is 25.0. The van der Waals surface area contributed by atoms with Gasteiger partial charge in [0.1, 0.15) is 5.54 Å². The lowest BCUT2D eigenvalue weighted by atomic mass is 9.78. The second-order valence-electron chi connectivity index (χ2n) is 8.44. The largest absolute Gasteiger partial charge is 0.388 e. The number of aryl methyl sites for hydroxylation is 1. The summed E-state index contributed by atoms with van der Waals surface area (Å²) in [6, 6.07) is 28.8. The van der Waals surface area contributed by atoms with Crippen molar-refractivity contribution in [3.8, 4) is 0 Å². The van der Waals surface area contributed by atoms with Crippen molar-refractivity contribution in [3.05, 3.63) is 126 Å². The van der Waals surface area contributed by atoms with Gasteiger partial charge in [-0.1, -0.05) is 106 Å². The van der Waals surface area contributed by atoms with Crippen LogP contribution < -0.4 is 11.1 Å². The molecule has 0 amide bonds. The molecule has 3 rings (SSSR count). The molecule has 0 unspecified atom stereocenters. The topological polar surface area (TPSA) is 50.4 Å². The fraction of sp³-hybridized carbons (Fsp3) is 0.258. The van der Waals surface area contributed by atoms with Gasteiger partial charge in [-0.25, -0.2) is 0 Å². The van der Waals surface area contributed by atoms with Crippen molar-refractivity contribution in [2.75, 3.05) is 6.54 Å². The van der Waals surface area contributed by atoms with E-state index in [9.17, 15) is 0 Å². The molecule has 0 heterocycles. The molecule has 3 heteroatoms. The van der Waals surface area contributed by atoms with Crippen molar-refractivity contribution in [3.63, 3.8) is 0 Å². The number of nitrogens with one attached hydrogen (secondary N) is 1. The average Bonchev–Trinajstić information content (AvgIpc) is 2.87. The Morgan fingerprint density at radius 3 is 1.85 bits per heavy atom. The fourth-order valence-corrected chi connectivity index (χ4v) is 3.86. The molecular formula is C31H39N3. The first-order valence-corrected chi connectivity index (χ1v) is 12.0. The Kier molecular flexibility index (Phi) is 10.3. The normalized spacial score (nSPS) is 11.2. The number of hydrogen-bond acceptors (Lipinski definition) is 2. The molecule has 3 aromatic rings. The van der Waals surface area contributed by atoms with Crippen LogP contribution in [0.4, 0.5) is 0 Å². The summed E-state index contributed by atoms with van der Waals surface area (Å²) in [5.41, 5.74) is 12.0. The summed E-state index contributed by atoms with van der Waals surface area (Å²) in [5, 5.41) is 3.31. The Morgan fingerprint density at radius 1 is 0.853 bits per heavy atom. The minimum Gasteiger partial charge on any atom is -0.388 e. The number of amidine groups is 1. The maximum absolute atomic E-state index is 5.90. The molecule has 0 saturated heterocycles. The summed E-state index contributed by atoms with van der Waals surface area (Å²) in [7, 11) is 0. The van der Waals surface area contributed by atoms with Crippen molar-refractivity contribution in [2.45, 2.75) is 46.1 Å². The highest BCUT2D eigenvalue weighted by atomic mass is 14.9. The zero-order valence-corrected chi connectivity index (χ0v) is 21.1. The molecule has 3 nitrogen and oxygen atoms in total. The predicted octanol–water partition coefficient (Wildman–Crippen LogP) is 7.10. The molecule has 0 spiro atoms. The van der Waals surface area contributed by atoms with Gasteiger partial charge in [0.15, 0.2) is 0 Å². The van der Waals surface area contributed by atoms with Gasteiger partial charge in [0.2, 0.25) is 0 Å². The molecule has 178 valence electrons. The van der Waals surface area contributed by atoms with Crippen molar-refractivity contribution < 1.29 is 0 Å². The first-order chi connectivity index (χ1) is 16.3. The minimum absolute atomic E-state index is 0.542. The Hall–Kier alpha value is -3.59. The monoisotopic (exact) mass is 453 g/mol. The minimum atomic E-state index is -0.624. The highest BCUT2D eigenvalue weighted by Gasteiger charge is 2.34. The van der Waals surface area contributed by atoms with E-state index in [0.717, 1.165) is 41.8 Å². The van der Waals surface area contributed by atoms with Crippen LogP contribution >= 0.6 is 0 Å². The van der Waals surface area contributed by atoms with E-state index >= 15 is 0 Å². The zero-order valence-electron chi connectivity index (χ0n) is 21.1. The summed E-state index contributed by atoms with van der Waals surface area (Å²) in [5.74, 6) is 0.542. The molecule has 3 aromatic carbocycles. The Bertz CT molecular complexity index is 1040. The van der Waals surface area contributed by atoms with Gasteiger partial charge in [0.05, 0.1) is 5.84 Å². The molecule has 0 aromatic heterocycles. The maximum atomic E-state index is 5.90. The van der Waals surface area contributed by atoms with E-state index in [1.54, 1.807) is 0 Å². The second kappa shape index (κ2) is 13.2. The van der Waals surface area contributed by atoms with Gasteiger partial charge in [-0.05, 0) is 60.6 Å². The lowest BCUT2D eigenvalue weighted by Gasteiger charge is -2.32. The summed E-state index contributed by atoms with van der Waals surface area (Å²) in [6.45, 7) is 17.3. The molecular weight excluding hydrogens is 414 g/mol. The molecule has 0 aliphatic carbocycles. The Labute approximate surface area is 206 Å². The van der Waals surface area contributed by atoms with E-state index in [1.165, 1.54) is 11.1 Å². The molecule has 0 aliphatic rings. The van der Waals surface area contributed by atoms with Gasteiger partial charge < -0.3 is 11.1 Å². The molecule has 0 fully saturated rings. The summed E-state index contributed by atoms with van der Waals surface area (Å²) < 4.78 is 0. The number of benzene rings is 3. The van der Waals surface area contributed by atoms with Crippen LogP contribution in [0, 0.1) is 0 Å². The second-order valence-corrected chi connectivity index (χ2v) is 8.44. The molecule has 0 aliphatic heterocycles. The van der Waals surface area contributed by atoms with Gasteiger partial charge >= 0.3 is 0 Å². The van der Waals surface area contributed by atoms with Crippen molar-refractivity contribution in [1.29, 1.82) is 0 Å². The number of aliphatic imine (C=N–C) groups is 1. The third-order valence-electron chi connectivity index (χ3n) is 5.62. The van der Waals surface area contributed by atoms with Crippen LogP contribution in [-0.4, -0.2) is 12.4 Å². The number of hydrogen-bond donors (Lipinski definition) is 2. The van der Waals surface area contributed by atoms with Crippen LogP contribution in [0.5, 0.6) is 0 Å². The Balaban J connectivity index is 0.000000257. The van der Waals surface area contributed by atoms with Gasteiger partial charge in [-0.15, -0.1) is 0 Å². The standard InChI is InChI=1S/C18H20N2.C13H19N/c1-14(2)18(20-15(3)19,16-10-6-4-7-11-16)17-12-8-5-9-13-17;1-4-9-14-11(3)13-8-6-7-12(5-2)10-13/h4-13H,1H2,2-3H3,(H2,19,20);6-8,10,14H,3-5,9H2,1-2H3. The fourth-order valence-electron chi connectivity index (χ4n) is 3.86. The number of rotatable bonds is 9. The molecule has 0 atom stereocenters. The third-order valence-corrected chi connectivity index (χ3v) is 5.62. The van der Waals surface area contributed by atoms with Crippen LogP contribution in [0.2, 0.25) is 0 Å². The van der Waals surface area contributed by atoms with Crippen LogP contribution in [0.1, 0.15) is 56.4 Å². The SMILES string of the molecule is C=C(C)C(N=C(C)N)(c1ccccc1)c1ccccc1.C=C(NCCC)c1cccc(CC)c1. The predicted molar refractivity (Wildman–Crippen MR) is 149 cm³/mol. The van der Waals surface area contributed by atoms with Crippen molar-refractivity contribution in [1.82, 2.24) is 5.32 Å².